The van der Waals surface area contributed by atoms with E-state index in [9.17, 15) is 51.1 Å². The maximum absolute atomic E-state index is 11.1. The van der Waals surface area contributed by atoms with Crippen LogP contribution in [0.4, 0.5) is 0 Å². The van der Waals surface area contributed by atoms with Gasteiger partial charge in [-0.2, -0.15) is 0 Å². The molecule has 0 spiro atoms. The van der Waals surface area contributed by atoms with Gasteiger partial charge in [-0.05, 0) is 25.7 Å². The van der Waals surface area contributed by atoms with Crippen LogP contribution < -0.4 is 0 Å². The molecule has 0 aromatic carbocycles. The molecule has 3 saturated heterocycles. The zero-order valence-electron chi connectivity index (χ0n) is 22.8. The lowest BCUT2D eigenvalue weighted by molar-refractivity contribution is -0.371. The standard InChI is InChI=1S/C25H44O16/c1-8-4-3-5-10(21(8)40-23-18(33)16(31)13(28)9(2)36-23)37-25-20(35)22(15(30)12(7-27)39-25)41-24-19(34)17(32)14(29)11(6-26)38-24/h8-35H,3-7H2,1-2H3/t8-,9?,10?,11+,12+,13?,14?,15?,16?,17?,18?,19?,20?,21?,22?,23?,24-,25-/m1/s1. The molecule has 0 radical (unpaired) electrons. The SMILES string of the molecule is CC1OC(OC2C(O[C@@H]3O[C@@H](CO)C(O)C(O[C@H]4O[C@@H](CO)C(O)C(O)C4O)C3O)CCC[C@H]2C)C(O)C(O)C1O. The van der Waals surface area contributed by atoms with Crippen LogP contribution in [0.15, 0.2) is 0 Å². The molecule has 41 heavy (non-hydrogen) atoms. The molecule has 240 valence electrons. The van der Waals surface area contributed by atoms with Gasteiger partial charge in [0.15, 0.2) is 18.9 Å². The molecule has 10 N–H and O–H groups in total. The molecule has 0 aromatic rings. The Morgan fingerprint density at radius 2 is 1.05 bits per heavy atom. The highest BCUT2D eigenvalue weighted by Gasteiger charge is 2.52. The smallest absolute Gasteiger partial charge is 0.187 e. The summed E-state index contributed by atoms with van der Waals surface area (Å²) in [5.41, 5.74) is 0. The van der Waals surface area contributed by atoms with Crippen molar-refractivity contribution in [2.24, 2.45) is 5.92 Å². The molecular weight excluding hydrogens is 556 g/mol. The zero-order valence-corrected chi connectivity index (χ0v) is 22.8. The van der Waals surface area contributed by atoms with E-state index in [2.05, 4.69) is 0 Å². The fourth-order valence-corrected chi connectivity index (χ4v) is 5.82. The maximum Gasteiger partial charge on any atom is 0.187 e. The van der Waals surface area contributed by atoms with Crippen molar-refractivity contribution in [3.05, 3.63) is 0 Å². The van der Waals surface area contributed by atoms with E-state index in [1.54, 1.807) is 0 Å². The molecule has 0 bridgehead atoms. The van der Waals surface area contributed by atoms with Gasteiger partial charge in [-0.3, -0.25) is 0 Å². The van der Waals surface area contributed by atoms with Crippen LogP contribution in [0.2, 0.25) is 0 Å². The van der Waals surface area contributed by atoms with Gasteiger partial charge in [0.05, 0.1) is 31.5 Å². The van der Waals surface area contributed by atoms with Gasteiger partial charge in [-0.15, -0.1) is 0 Å². The van der Waals surface area contributed by atoms with Crippen molar-refractivity contribution >= 4 is 0 Å². The molecule has 1 aliphatic carbocycles. The van der Waals surface area contributed by atoms with Crippen LogP contribution in [0.25, 0.3) is 0 Å². The van der Waals surface area contributed by atoms with E-state index >= 15 is 0 Å². The first kappa shape index (κ1) is 33.3. The fourth-order valence-electron chi connectivity index (χ4n) is 5.82. The van der Waals surface area contributed by atoms with Crippen LogP contribution in [0.5, 0.6) is 0 Å². The van der Waals surface area contributed by atoms with Gasteiger partial charge < -0.3 is 79.5 Å². The van der Waals surface area contributed by atoms with Crippen LogP contribution in [-0.2, 0) is 28.4 Å². The summed E-state index contributed by atoms with van der Waals surface area (Å²) in [6.07, 6.45) is -22.0. The Morgan fingerprint density at radius 3 is 1.66 bits per heavy atom. The average molecular weight is 601 g/mol. The minimum Gasteiger partial charge on any atom is -0.394 e. The second-order valence-electron chi connectivity index (χ2n) is 11.4. The summed E-state index contributed by atoms with van der Waals surface area (Å²) < 4.78 is 34.4. The Hall–Kier alpha value is -0.640. The van der Waals surface area contributed by atoms with E-state index in [0.717, 1.165) is 6.42 Å². The number of hydrogen-bond donors (Lipinski definition) is 10. The maximum atomic E-state index is 11.1. The highest BCUT2D eigenvalue weighted by molar-refractivity contribution is 4.95. The quantitative estimate of drug-likeness (QED) is 0.125. The van der Waals surface area contributed by atoms with Gasteiger partial charge in [-0.1, -0.05) is 13.3 Å². The zero-order chi connectivity index (χ0) is 30.2. The first-order valence-electron chi connectivity index (χ1n) is 14.0. The van der Waals surface area contributed by atoms with E-state index in [4.69, 9.17) is 28.4 Å². The summed E-state index contributed by atoms with van der Waals surface area (Å²) in [4.78, 5) is 0. The molecule has 0 amide bonds. The molecule has 16 nitrogen and oxygen atoms in total. The van der Waals surface area contributed by atoms with Crippen LogP contribution in [0.3, 0.4) is 0 Å². The number of ether oxygens (including phenoxy) is 6. The third kappa shape index (κ3) is 6.88. The highest BCUT2D eigenvalue weighted by Crippen LogP contribution is 2.36. The van der Waals surface area contributed by atoms with Crippen molar-refractivity contribution in [2.45, 2.75) is 137 Å². The minimum absolute atomic E-state index is 0.134. The number of hydrogen-bond acceptors (Lipinski definition) is 16. The lowest BCUT2D eigenvalue weighted by atomic mass is 9.85. The normalized spacial score (nSPS) is 53.3. The van der Waals surface area contributed by atoms with E-state index in [-0.39, 0.29) is 5.92 Å². The molecule has 3 aliphatic heterocycles. The lowest BCUT2D eigenvalue weighted by Crippen LogP contribution is -2.65. The summed E-state index contributed by atoms with van der Waals surface area (Å²) >= 11 is 0. The molecule has 16 heteroatoms. The number of rotatable bonds is 8. The second-order valence-corrected chi connectivity index (χ2v) is 11.4. The summed E-state index contributed by atoms with van der Waals surface area (Å²) in [5, 5.41) is 102. The van der Waals surface area contributed by atoms with Gasteiger partial charge in [0, 0.05) is 0 Å². The molecule has 0 aromatic heterocycles. The third-order valence-electron chi connectivity index (χ3n) is 8.45. The minimum atomic E-state index is -1.81. The van der Waals surface area contributed by atoms with Gasteiger partial charge >= 0.3 is 0 Å². The Bertz CT molecular complexity index is 820. The number of aliphatic hydroxyl groups excluding tert-OH is 10. The van der Waals surface area contributed by atoms with Gasteiger partial charge in [0.2, 0.25) is 0 Å². The first-order valence-corrected chi connectivity index (χ1v) is 14.0. The molecule has 13 unspecified atom stereocenters. The van der Waals surface area contributed by atoms with Crippen molar-refractivity contribution in [1.82, 2.24) is 0 Å². The van der Waals surface area contributed by atoms with Crippen LogP contribution in [-0.4, -0.2) is 169 Å². The largest absolute Gasteiger partial charge is 0.394 e. The predicted octanol–water partition coefficient (Wildman–Crippen LogP) is -4.97. The molecule has 4 fully saturated rings. The lowest BCUT2D eigenvalue weighted by Gasteiger charge is -2.48. The first-order chi connectivity index (χ1) is 19.4. The Labute approximate surface area is 236 Å². The highest BCUT2D eigenvalue weighted by atomic mass is 16.8. The van der Waals surface area contributed by atoms with E-state index in [0.29, 0.717) is 12.8 Å². The third-order valence-corrected chi connectivity index (χ3v) is 8.45. The fraction of sp³-hybridized carbons (Fsp3) is 1.00. The molecule has 1 saturated carbocycles. The van der Waals surface area contributed by atoms with Crippen LogP contribution >= 0.6 is 0 Å². The van der Waals surface area contributed by atoms with Crippen molar-refractivity contribution in [1.29, 1.82) is 0 Å². The topological polar surface area (TPSA) is 258 Å². The second kappa shape index (κ2) is 14.0. The molecule has 18 atom stereocenters. The van der Waals surface area contributed by atoms with Gasteiger partial charge in [-0.25, -0.2) is 0 Å². The van der Waals surface area contributed by atoms with E-state index < -0.39 is 118 Å². The summed E-state index contributed by atoms with van der Waals surface area (Å²) in [6, 6.07) is 0. The monoisotopic (exact) mass is 600 g/mol. The average Bonchev–Trinajstić information content (AvgIpc) is 2.95. The summed E-state index contributed by atoms with van der Waals surface area (Å²) in [7, 11) is 0. The molecule has 4 rings (SSSR count). The van der Waals surface area contributed by atoms with E-state index in [1.807, 2.05) is 6.92 Å². The van der Waals surface area contributed by atoms with E-state index in [1.165, 1.54) is 6.92 Å². The Morgan fingerprint density at radius 1 is 0.537 bits per heavy atom. The van der Waals surface area contributed by atoms with Crippen molar-refractivity contribution in [2.75, 3.05) is 13.2 Å². The van der Waals surface area contributed by atoms with Crippen LogP contribution in [0.1, 0.15) is 33.1 Å². The molecule has 4 aliphatic rings. The van der Waals surface area contributed by atoms with Crippen molar-refractivity contribution in [3.63, 3.8) is 0 Å². The predicted molar refractivity (Wildman–Crippen MR) is 132 cm³/mol. The molecule has 3 heterocycles. The Balaban J connectivity index is 1.48. The summed E-state index contributed by atoms with van der Waals surface area (Å²) in [5.74, 6) is -0.134. The molecular formula is C25H44O16. The summed E-state index contributed by atoms with van der Waals surface area (Å²) in [6.45, 7) is 1.98. The number of aliphatic hydroxyl groups is 10. The van der Waals surface area contributed by atoms with Crippen molar-refractivity contribution < 1.29 is 79.5 Å². The Kier molecular flexibility index (Phi) is 11.3. The van der Waals surface area contributed by atoms with Crippen LogP contribution in [0, 0.1) is 5.92 Å². The van der Waals surface area contributed by atoms with Gasteiger partial charge in [0.1, 0.15) is 67.1 Å². The van der Waals surface area contributed by atoms with Crippen molar-refractivity contribution in [3.8, 4) is 0 Å². The van der Waals surface area contributed by atoms with Gasteiger partial charge in [0.25, 0.3) is 0 Å².